The zero-order valence-corrected chi connectivity index (χ0v) is 40.9. The number of rotatable bonds is 16. The Balaban J connectivity index is 3.95. The zero-order valence-electron chi connectivity index (χ0n) is 40.9. The molecule has 16 heteroatoms. The summed E-state index contributed by atoms with van der Waals surface area (Å²) in [4.78, 5) is 121. The molecule has 62 heavy (non-hydrogen) atoms. The van der Waals surface area contributed by atoms with E-state index in [4.69, 9.17) is 0 Å². The first kappa shape index (κ1) is 55.8. The monoisotopic (exact) mass is 877 g/mol. The van der Waals surface area contributed by atoms with E-state index in [0.29, 0.717) is 51.4 Å². The number of nitrogens with zero attached hydrogens (tertiary/aromatic N) is 6. The first-order valence-corrected chi connectivity index (χ1v) is 23.4. The Bertz CT molecular complexity index is 1490. The summed E-state index contributed by atoms with van der Waals surface area (Å²) in [6.45, 7) is 14.4. The number of nitrogens with one attached hydrogen (secondary N) is 2. The van der Waals surface area contributed by atoms with Crippen molar-refractivity contribution in [1.82, 2.24) is 40.0 Å². The van der Waals surface area contributed by atoms with Crippen LogP contribution < -0.4 is 10.6 Å². The summed E-state index contributed by atoms with van der Waals surface area (Å²) in [6.07, 6.45) is 10.5. The molecule has 0 bridgehead atoms. The summed E-state index contributed by atoms with van der Waals surface area (Å²) in [5, 5.41) is 5.61. The Kier molecular flexibility index (Phi) is 25.0. The lowest BCUT2D eigenvalue weighted by Gasteiger charge is -2.39. The molecule has 8 amide bonds. The van der Waals surface area contributed by atoms with Gasteiger partial charge < -0.3 is 40.0 Å². The molecule has 0 spiro atoms. The number of hydrogen-bond acceptors (Lipinski definition) is 8. The van der Waals surface area contributed by atoms with Crippen LogP contribution in [0.2, 0.25) is 0 Å². The number of likely N-dealkylation sites (N-methyl/N-ethyl adjacent to an activating group) is 6. The molecule has 0 aromatic heterocycles. The third-order valence-corrected chi connectivity index (χ3v) is 12.8. The van der Waals surface area contributed by atoms with Crippen LogP contribution in [0.5, 0.6) is 0 Å². The van der Waals surface area contributed by atoms with Gasteiger partial charge in [-0.05, 0) is 53.4 Å². The lowest BCUT2D eigenvalue weighted by Crippen LogP contribution is -2.61. The van der Waals surface area contributed by atoms with Crippen LogP contribution in [0.15, 0.2) is 0 Å². The van der Waals surface area contributed by atoms with E-state index < -0.39 is 95.6 Å². The number of carbonyl (C=O) groups excluding carboxylic acids is 8. The molecular formula is C46H84N8O8. The molecule has 1 fully saturated rings. The van der Waals surface area contributed by atoms with Crippen molar-refractivity contribution in [2.24, 2.45) is 0 Å². The van der Waals surface area contributed by atoms with Gasteiger partial charge in [-0.3, -0.25) is 38.4 Å². The van der Waals surface area contributed by atoms with Crippen LogP contribution in [0, 0.1) is 0 Å². The fourth-order valence-electron chi connectivity index (χ4n) is 8.06. The third-order valence-electron chi connectivity index (χ3n) is 12.8. The summed E-state index contributed by atoms with van der Waals surface area (Å²) in [5.41, 5.74) is 0. The number of unbranched alkanes of at least 4 members (excludes halogenated alkanes) is 8. The van der Waals surface area contributed by atoms with Crippen molar-refractivity contribution in [3.63, 3.8) is 0 Å². The quantitative estimate of drug-likeness (QED) is 0.215. The van der Waals surface area contributed by atoms with E-state index in [-0.39, 0.29) is 0 Å². The van der Waals surface area contributed by atoms with E-state index in [9.17, 15) is 38.4 Å². The Morgan fingerprint density at radius 2 is 0.581 bits per heavy atom. The lowest BCUT2D eigenvalue weighted by atomic mass is 10.0. The minimum absolute atomic E-state index is 0.309. The molecule has 0 saturated carbocycles. The maximum Gasteiger partial charge on any atom is 0.245 e. The molecule has 1 rings (SSSR count). The van der Waals surface area contributed by atoms with Crippen LogP contribution in [0.3, 0.4) is 0 Å². The van der Waals surface area contributed by atoms with E-state index in [1.807, 2.05) is 27.7 Å². The molecule has 1 aliphatic rings. The molecule has 2 N–H and O–H groups in total. The Morgan fingerprint density at radius 3 is 0.871 bits per heavy atom. The second-order valence-corrected chi connectivity index (χ2v) is 17.6. The Hall–Kier alpha value is -4.24. The predicted octanol–water partition coefficient (Wildman–Crippen LogP) is 4.33. The first-order chi connectivity index (χ1) is 29.2. The van der Waals surface area contributed by atoms with Gasteiger partial charge >= 0.3 is 0 Å². The Morgan fingerprint density at radius 1 is 0.339 bits per heavy atom. The van der Waals surface area contributed by atoms with E-state index in [0.717, 1.165) is 51.4 Å². The summed E-state index contributed by atoms with van der Waals surface area (Å²) >= 11 is 0. The highest BCUT2D eigenvalue weighted by Crippen LogP contribution is 2.21. The van der Waals surface area contributed by atoms with Gasteiger partial charge in [-0.2, -0.15) is 0 Å². The molecule has 0 unspecified atom stereocenters. The fourth-order valence-corrected chi connectivity index (χ4v) is 8.06. The summed E-state index contributed by atoms with van der Waals surface area (Å²) in [5.74, 6) is -4.00. The van der Waals surface area contributed by atoms with E-state index in [1.165, 1.54) is 85.5 Å². The standard InChI is InChI=1S/C46H84N8O8/c1-15-19-23-27-35-39(55)48-32(6)42(58)53(13)37(29-25-21-17-3)45(61)50(10)34(8)44(60)54(14)38(30-26-22-18-4)46(62)49(9)33(7)43(59)52(12)36(28-24-20-16-2)40(56)47-31(5)41(57)51(35)11/h31-38H,15-30H2,1-14H3,(H,47,56)(H,48,55)/t31-,32-,33-,34-,35+,36+,37+,38+/m1/s1. The molecule has 0 aromatic rings. The van der Waals surface area contributed by atoms with Crippen molar-refractivity contribution in [1.29, 1.82) is 0 Å². The van der Waals surface area contributed by atoms with Crippen molar-refractivity contribution in [2.75, 3.05) is 42.3 Å². The normalized spacial score (nSPS) is 26.6. The fraction of sp³-hybridized carbons (Fsp3) is 0.826. The maximum atomic E-state index is 14.4. The van der Waals surface area contributed by atoms with Crippen molar-refractivity contribution < 1.29 is 38.4 Å². The predicted molar refractivity (Wildman–Crippen MR) is 242 cm³/mol. The minimum Gasteiger partial charge on any atom is -0.343 e. The van der Waals surface area contributed by atoms with Crippen molar-refractivity contribution in [3.8, 4) is 0 Å². The van der Waals surface area contributed by atoms with Crippen LogP contribution in [0.4, 0.5) is 0 Å². The summed E-state index contributed by atoms with van der Waals surface area (Å²) in [6, 6.07) is -8.05. The average Bonchev–Trinajstić information content (AvgIpc) is 3.25. The number of carbonyl (C=O) groups is 8. The van der Waals surface area contributed by atoms with Gasteiger partial charge in [0.25, 0.3) is 0 Å². The van der Waals surface area contributed by atoms with Gasteiger partial charge in [0.2, 0.25) is 47.3 Å². The van der Waals surface area contributed by atoms with E-state index >= 15 is 0 Å². The second-order valence-electron chi connectivity index (χ2n) is 17.6. The molecule has 16 nitrogen and oxygen atoms in total. The molecule has 0 aromatic carbocycles. The minimum atomic E-state index is -1.07. The molecule has 1 saturated heterocycles. The van der Waals surface area contributed by atoms with Gasteiger partial charge in [-0.25, -0.2) is 0 Å². The molecular weight excluding hydrogens is 793 g/mol. The third kappa shape index (κ3) is 15.5. The van der Waals surface area contributed by atoms with Gasteiger partial charge in [-0.15, -0.1) is 0 Å². The first-order valence-electron chi connectivity index (χ1n) is 23.4. The van der Waals surface area contributed by atoms with Gasteiger partial charge in [0.05, 0.1) is 0 Å². The van der Waals surface area contributed by atoms with Gasteiger partial charge in [0.15, 0.2) is 0 Å². The molecule has 1 heterocycles. The van der Waals surface area contributed by atoms with E-state index in [1.54, 1.807) is 13.8 Å². The topological polar surface area (TPSA) is 180 Å². The van der Waals surface area contributed by atoms with Crippen LogP contribution in [0.25, 0.3) is 0 Å². The maximum absolute atomic E-state index is 14.4. The molecule has 0 aliphatic carbocycles. The largest absolute Gasteiger partial charge is 0.343 e. The van der Waals surface area contributed by atoms with Crippen LogP contribution >= 0.6 is 0 Å². The average molecular weight is 877 g/mol. The summed E-state index contributed by atoms with van der Waals surface area (Å²) in [7, 11) is 9.09. The highest BCUT2D eigenvalue weighted by atomic mass is 16.2. The SMILES string of the molecule is CCCCC[C@H]1C(=O)N[C@H](C)C(=O)N(C)[C@@H](CCCCC)C(=O)N[C@H](C)C(=O)N(C)[C@@H](CCCCC)C(=O)N(C)[C@H](C)C(=O)N(C)[C@@H](CCCCC)C(=O)N(C)[C@H](C)C(=O)N1C. The summed E-state index contributed by atoms with van der Waals surface area (Å²) < 4.78 is 0. The molecule has 8 atom stereocenters. The highest BCUT2D eigenvalue weighted by molar-refractivity contribution is 5.98. The lowest BCUT2D eigenvalue weighted by molar-refractivity contribution is -0.155. The van der Waals surface area contributed by atoms with Crippen molar-refractivity contribution in [2.45, 2.75) is 206 Å². The van der Waals surface area contributed by atoms with Crippen LogP contribution in [-0.2, 0) is 38.4 Å². The molecule has 0 radical (unpaired) electrons. The van der Waals surface area contributed by atoms with Gasteiger partial charge in [-0.1, -0.05) is 105 Å². The molecule has 1 aliphatic heterocycles. The van der Waals surface area contributed by atoms with Crippen LogP contribution in [0.1, 0.15) is 158 Å². The van der Waals surface area contributed by atoms with Gasteiger partial charge in [0, 0.05) is 42.3 Å². The highest BCUT2D eigenvalue weighted by Gasteiger charge is 2.41. The van der Waals surface area contributed by atoms with E-state index in [2.05, 4.69) is 10.6 Å². The van der Waals surface area contributed by atoms with Gasteiger partial charge in [0.1, 0.15) is 48.3 Å². The molecule has 356 valence electrons. The smallest absolute Gasteiger partial charge is 0.245 e. The second kappa shape index (κ2) is 27.7. The number of amides is 8. The van der Waals surface area contributed by atoms with Crippen molar-refractivity contribution in [3.05, 3.63) is 0 Å². The van der Waals surface area contributed by atoms with Crippen LogP contribution in [-0.4, -0.2) is 167 Å². The number of hydrogen-bond donors (Lipinski definition) is 2. The zero-order chi connectivity index (χ0) is 47.4. The Labute approximate surface area is 373 Å². The van der Waals surface area contributed by atoms with Crippen molar-refractivity contribution >= 4 is 47.3 Å².